The van der Waals surface area contributed by atoms with Crippen molar-refractivity contribution in [3.63, 3.8) is 0 Å². The number of hydrogen-bond acceptors (Lipinski definition) is 8. The Morgan fingerprint density at radius 3 is 2.74 bits per heavy atom. The van der Waals surface area contributed by atoms with E-state index in [-0.39, 0.29) is 39.7 Å². The molecule has 2 aromatic carbocycles. The predicted molar refractivity (Wildman–Crippen MR) is 129 cm³/mol. The van der Waals surface area contributed by atoms with Crippen molar-refractivity contribution in [2.75, 3.05) is 19.0 Å². The van der Waals surface area contributed by atoms with Gasteiger partial charge in [0.2, 0.25) is 0 Å². The van der Waals surface area contributed by atoms with Gasteiger partial charge in [0.05, 0.1) is 36.6 Å². The van der Waals surface area contributed by atoms with Crippen LogP contribution in [0.2, 0.25) is 0 Å². The number of allylic oxidation sites excluding steroid dienone is 1. The number of benzene rings is 2. The number of aromatic nitrogens is 1. The molecule has 3 heterocycles. The minimum Gasteiger partial charge on any atom is -0.504 e. The number of fused-ring (bicyclic) bond motifs is 2. The monoisotopic (exact) mass is 491 g/mol. The van der Waals surface area contributed by atoms with Crippen LogP contribution < -0.4 is 24.9 Å². The first-order valence-corrected chi connectivity index (χ1v) is 11.7. The van der Waals surface area contributed by atoms with E-state index in [9.17, 15) is 19.5 Å². The van der Waals surface area contributed by atoms with E-state index in [1.165, 1.54) is 17.7 Å². The van der Waals surface area contributed by atoms with Crippen LogP contribution in [0.15, 0.2) is 63.5 Å². The lowest BCUT2D eigenvalue weighted by Crippen LogP contribution is -2.40. The molecular weight excluding hydrogens is 470 g/mol. The quantitative estimate of drug-likeness (QED) is 0.538. The Labute approximate surface area is 203 Å². The average Bonchev–Trinajstić information content (AvgIpc) is 3.33. The van der Waals surface area contributed by atoms with Crippen molar-refractivity contribution in [2.45, 2.75) is 19.9 Å². The maximum absolute atomic E-state index is 13.9. The third-order valence-corrected chi connectivity index (χ3v) is 6.96. The van der Waals surface area contributed by atoms with Gasteiger partial charge in [-0.1, -0.05) is 35.6 Å². The highest BCUT2D eigenvalue weighted by molar-refractivity contribution is 7.07. The number of phenolic OH excluding ortho intramolecular Hbond substituents is 1. The van der Waals surface area contributed by atoms with Crippen LogP contribution in [0.3, 0.4) is 0 Å². The Bertz CT molecular complexity index is 1610. The molecule has 0 saturated heterocycles. The molecule has 178 valence electrons. The lowest BCUT2D eigenvalue weighted by Gasteiger charge is -2.25. The van der Waals surface area contributed by atoms with E-state index in [2.05, 4.69) is 10.3 Å². The SMILES string of the molecule is CCOC(=O)C1=C(C)N=c2s/c(=C3/C(=O)Nc4ccccc43)c(=O)n2C1c1ccc(O)c(OC)c1. The summed E-state index contributed by atoms with van der Waals surface area (Å²) in [5, 5.41) is 12.9. The number of phenols is 1. The van der Waals surface area contributed by atoms with Crippen LogP contribution in [-0.2, 0) is 14.3 Å². The highest BCUT2D eigenvalue weighted by Crippen LogP contribution is 2.36. The Morgan fingerprint density at radius 2 is 2.00 bits per heavy atom. The number of anilines is 1. The van der Waals surface area contributed by atoms with E-state index in [1.807, 2.05) is 0 Å². The molecule has 9 nitrogen and oxygen atoms in total. The van der Waals surface area contributed by atoms with Crippen LogP contribution in [0.4, 0.5) is 5.69 Å². The first kappa shape index (κ1) is 22.6. The van der Waals surface area contributed by atoms with Gasteiger partial charge in [0.25, 0.3) is 11.5 Å². The number of hydrogen-bond donors (Lipinski definition) is 2. The van der Waals surface area contributed by atoms with Crippen LogP contribution in [-0.4, -0.2) is 35.3 Å². The number of nitrogens with one attached hydrogen (secondary N) is 1. The number of methoxy groups -OCH3 is 1. The molecule has 2 N–H and O–H groups in total. The van der Waals surface area contributed by atoms with Gasteiger partial charge in [-0.2, -0.15) is 0 Å². The minimum absolute atomic E-state index is 0.0801. The molecule has 0 saturated carbocycles. The number of nitrogens with zero attached hydrogens (tertiary/aromatic N) is 2. The number of para-hydroxylation sites is 1. The zero-order chi connectivity index (χ0) is 24.9. The van der Waals surface area contributed by atoms with E-state index < -0.39 is 17.6 Å². The summed E-state index contributed by atoms with van der Waals surface area (Å²) in [5.41, 5.74) is 2.18. The van der Waals surface area contributed by atoms with Gasteiger partial charge in [0, 0.05) is 11.3 Å². The second-order valence-electron chi connectivity index (χ2n) is 7.93. The fourth-order valence-electron chi connectivity index (χ4n) is 4.36. The second kappa shape index (κ2) is 8.55. The summed E-state index contributed by atoms with van der Waals surface area (Å²) < 4.78 is 12.2. The molecule has 0 spiro atoms. The summed E-state index contributed by atoms with van der Waals surface area (Å²) in [7, 11) is 1.41. The Kier molecular flexibility index (Phi) is 5.52. The maximum Gasteiger partial charge on any atom is 0.338 e. The number of aromatic hydroxyl groups is 1. The topological polar surface area (TPSA) is 119 Å². The third kappa shape index (κ3) is 3.53. The van der Waals surface area contributed by atoms with Crippen LogP contribution in [0.25, 0.3) is 5.57 Å². The van der Waals surface area contributed by atoms with Crippen LogP contribution in [0, 0.1) is 0 Å². The first-order valence-electron chi connectivity index (χ1n) is 10.9. The molecule has 0 fully saturated rings. The third-order valence-electron chi connectivity index (χ3n) is 5.91. The van der Waals surface area contributed by atoms with E-state index in [4.69, 9.17) is 9.47 Å². The Hall–Kier alpha value is -4.18. The van der Waals surface area contributed by atoms with E-state index in [0.717, 1.165) is 11.3 Å². The molecule has 2 aliphatic rings. The summed E-state index contributed by atoms with van der Waals surface area (Å²) in [5.74, 6) is -0.869. The average molecular weight is 492 g/mol. The summed E-state index contributed by atoms with van der Waals surface area (Å²) in [6.45, 7) is 3.52. The smallest absolute Gasteiger partial charge is 0.338 e. The van der Waals surface area contributed by atoms with Gasteiger partial charge in [-0.25, -0.2) is 9.79 Å². The lowest BCUT2D eigenvalue weighted by molar-refractivity contribution is -0.139. The predicted octanol–water partition coefficient (Wildman–Crippen LogP) is 1.83. The molecule has 35 heavy (non-hydrogen) atoms. The molecule has 1 aromatic heterocycles. The number of amides is 1. The normalized spacial score (nSPS) is 17.9. The molecule has 2 aliphatic heterocycles. The minimum atomic E-state index is -0.895. The van der Waals surface area contributed by atoms with Gasteiger partial charge >= 0.3 is 5.97 Å². The fraction of sp³-hybridized carbons (Fsp3) is 0.200. The molecule has 1 unspecified atom stereocenters. The van der Waals surface area contributed by atoms with Gasteiger partial charge < -0.3 is 19.9 Å². The number of thiazole rings is 1. The zero-order valence-electron chi connectivity index (χ0n) is 19.1. The molecule has 0 radical (unpaired) electrons. The maximum atomic E-state index is 13.9. The van der Waals surface area contributed by atoms with E-state index >= 15 is 0 Å². The number of esters is 1. The van der Waals surface area contributed by atoms with Gasteiger partial charge in [-0.15, -0.1) is 0 Å². The van der Waals surface area contributed by atoms with Gasteiger partial charge in [-0.05, 0) is 37.6 Å². The van der Waals surface area contributed by atoms with Crippen molar-refractivity contribution < 1.29 is 24.2 Å². The van der Waals surface area contributed by atoms with Crippen molar-refractivity contribution in [1.29, 1.82) is 0 Å². The molecule has 10 heteroatoms. The highest BCUT2D eigenvalue weighted by atomic mass is 32.1. The van der Waals surface area contributed by atoms with Crippen LogP contribution >= 0.6 is 11.3 Å². The first-order chi connectivity index (χ1) is 16.8. The van der Waals surface area contributed by atoms with E-state index in [0.29, 0.717) is 27.3 Å². The van der Waals surface area contributed by atoms with Crippen molar-refractivity contribution in [3.8, 4) is 11.5 Å². The van der Waals surface area contributed by atoms with Gasteiger partial charge in [0.1, 0.15) is 4.53 Å². The molecule has 5 rings (SSSR count). The molecule has 0 bridgehead atoms. The number of carbonyl (C=O) groups excluding carboxylic acids is 2. The summed E-state index contributed by atoms with van der Waals surface area (Å²) in [6, 6.07) is 10.9. The number of carbonyl (C=O) groups is 2. The molecule has 1 amide bonds. The highest BCUT2D eigenvalue weighted by Gasteiger charge is 2.35. The van der Waals surface area contributed by atoms with Crippen molar-refractivity contribution in [1.82, 2.24) is 4.57 Å². The number of ether oxygens (including phenoxy) is 2. The Morgan fingerprint density at radius 1 is 1.23 bits per heavy atom. The van der Waals surface area contributed by atoms with Gasteiger partial charge in [0.15, 0.2) is 16.3 Å². The van der Waals surface area contributed by atoms with Crippen molar-refractivity contribution in [2.24, 2.45) is 4.99 Å². The second-order valence-corrected chi connectivity index (χ2v) is 8.91. The molecule has 1 atom stereocenters. The van der Waals surface area contributed by atoms with Crippen molar-refractivity contribution in [3.05, 3.63) is 84.5 Å². The molecule has 0 aliphatic carbocycles. The summed E-state index contributed by atoms with van der Waals surface area (Å²) in [6.07, 6.45) is 0. The lowest BCUT2D eigenvalue weighted by atomic mass is 9.95. The van der Waals surface area contributed by atoms with Crippen LogP contribution in [0.5, 0.6) is 11.5 Å². The summed E-state index contributed by atoms with van der Waals surface area (Å²) in [4.78, 5) is 44.6. The van der Waals surface area contributed by atoms with E-state index in [1.54, 1.807) is 50.2 Å². The van der Waals surface area contributed by atoms with Gasteiger partial charge in [-0.3, -0.25) is 14.2 Å². The fourth-order valence-corrected chi connectivity index (χ4v) is 5.51. The Balaban J connectivity index is 1.83. The standard InChI is InChI=1S/C25H21N3O6S/c1-4-34-24(32)18-12(2)26-25-28(20(18)13-9-10-16(29)17(11-13)33-3)23(31)21(35-25)19-14-7-5-6-8-15(14)27-22(19)30/h5-11,20,29H,4H2,1-3H3,(H,27,30)/b21-19+. The van der Waals surface area contributed by atoms with Crippen LogP contribution in [0.1, 0.15) is 31.0 Å². The molecular formula is C25H21N3O6S. The summed E-state index contributed by atoms with van der Waals surface area (Å²) >= 11 is 1.09. The molecule has 3 aromatic rings. The number of rotatable bonds is 4. The van der Waals surface area contributed by atoms with Crippen molar-refractivity contribution >= 4 is 34.5 Å². The largest absolute Gasteiger partial charge is 0.504 e. The zero-order valence-corrected chi connectivity index (χ0v) is 19.9.